The van der Waals surface area contributed by atoms with Crippen LogP contribution in [0.15, 0.2) is 0 Å². The van der Waals surface area contributed by atoms with Crippen molar-refractivity contribution in [3.63, 3.8) is 0 Å². The summed E-state index contributed by atoms with van der Waals surface area (Å²) in [5, 5.41) is 12.9. The summed E-state index contributed by atoms with van der Waals surface area (Å²) in [6.07, 6.45) is 1.46. The lowest BCUT2D eigenvalue weighted by atomic mass is 10.5. The fourth-order valence-electron chi connectivity index (χ4n) is 1.50. The van der Waals surface area contributed by atoms with E-state index in [0.29, 0.717) is 26.2 Å². The molecule has 29 heavy (non-hydrogen) atoms. The first-order valence-electron chi connectivity index (χ1n) is 9.36. The standard InChI is InChI=1S/C17H34O5S7/c1-2-23-13-28-16-27-10-6-20-17(19)4-9-26-15-29-14-25-8-3-5-21-22-7-11-24-12-18/h18H,2-16H2,1H3. The second-order valence-corrected chi connectivity index (χ2v) is 14.2. The quantitative estimate of drug-likeness (QED) is 0.0574. The Labute approximate surface area is 206 Å². The molecule has 0 amide bonds. The smallest absolute Gasteiger partial charge is 0.306 e. The summed E-state index contributed by atoms with van der Waals surface area (Å²) in [5.41, 5.74) is 0. The molecule has 0 aromatic heterocycles. The molecular formula is C17H34O5S7. The third kappa shape index (κ3) is 27.8. The van der Waals surface area contributed by atoms with Crippen LogP contribution >= 0.6 is 82.3 Å². The first kappa shape index (κ1) is 30.8. The molecule has 0 atom stereocenters. The summed E-state index contributed by atoms with van der Waals surface area (Å²) >= 11 is 12.7. The highest BCUT2D eigenvalue weighted by Crippen LogP contribution is 2.19. The average Bonchev–Trinajstić information content (AvgIpc) is 2.72. The molecule has 0 unspecified atom stereocenters. The Morgan fingerprint density at radius 2 is 1.34 bits per heavy atom. The van der Waals surface area contributed by atoms with Gasteiger partial charge in [0.2, 0.25) is 0 Å². The number of carbonyl (C=O) groups is 1. The summed E-state index contributed by atoms with van der Waals surface area (Å²) in [6, 6.07) is 0. The number of aliphatic hydroxyl groups excluding tert-OH is 1. The van der Waals surface area contributed by atoms with E-state index in [-0.39, 0.29) is 11.9 Å². The van der Waals surface area contributed by atoms with Gasteiger partial charge < -0.3 is 9.84 Å². The van der Waals surface area contributed by atoms with Gasteiger partial charge >= 0.3 is 5.97 Å². The highest BCUT2D eigenvalue weighted by Gasteiger charge is 2.03. The molecule has 5 nitrogen and oxygen atoms in total. The van der Waals surface area contributed by atoms with Gasteiger partial charge in [0.25, 0.3) is 0 Å². The van der Waals surface area contributed by atoms with E-state index in [9.17, 15) is 4.79 Å². The highest BCUT2D eigenvalue weighted by molar-refractivity contribution is 8.23. The molecule has 0 bridgehead atoms. The van der Waals surface area contributed by atoms with E-state index in [0.717, 1.165) is 49.8 Å². The lowest BCUT2D eigenvalue weighted by Crippen LogP contribution is -2.08. The van der Waals surface area contributed by atoms with E-state index in [1.165, 1.54) is 17.5 Å². The summed E-state index contributed by atoms with van der Waals surface area (Å²) in [7, 11) is 0. The molecule has 0 aromatic carbocycles. The van der Waals surface area contributed by atoms with Crippen molar-refractivity contribution in [2.45, 2.75) is 19.8 Å². The van der Waals surface area contributed by atoms with Gasteiger partial charge in [0, 0.05) is 37.6 Å². The minimum absolute atomic E-state index is 0.0798. The topological polar surface area (TPSA) is 65.0 Å². The number of carbonyl (C=O) groups excluding carboxylic acids is 1. The van der Waals surface area contributed by atoms with Crippen LogP contribution in [0.3, 0.4) is 0 Å². The average molecular weight is 543 g/mol. The fourth-order valence-corrected chi connectivity index (χ4v) is 8.39. The number of thioether (sulfide) groups is 7. The second kappa shape index (κ2) is 27.8. The number of rotatable bonds is 24. The first-order chi connectivity index (χ1) is 14.3. The number of aliphatic hydroxyl groups is 1. The van der Waals surface area contributed by atoms with Crippen LogP contribution in [0.2, 0.25) is 0 Å². The Morgan fingerprint density at radius 1 is 0.724 bits per heavy atom. The molecule has 0 spiro atoms. The van der Waals surface area contributed by atoms with Crippen molar-refractivity contribution in [3.8, 4) is 0 Å². The van der Waals surface area contributed by atoms with E-state index in [1.54, 1.807) is 11.8 Å². The highest BCUT2D eigenvalue weighted by atomic mass is 32.2. The maximum absolute atomic E-state index is 11.7. The van der Waals surface area contributed by atoms with E-state index >= 15 is 0 Å². The molecule has 1 N–H and O–H groups in total. The van der Waals surface area contributed by atoms with Crippen molar-refractivity contribution in [1.29, 1.82) is 0 Å². The molecule has 0 aromatic rings. The van der Waals surface area contributed by atoms with E-state index in [4.69, 9.17) is 19.6 Å². The van der Waals surface area contributed by atoms with Gasteiger partial charge in [0.1, 0.15) is 6.61 Å². The van der Waals surface area contributed by atoms with Crippen LogP contribution in [-0.2, 0) is 19.3 Å². The molecule has 0 rings (SSSR count). The predicted octanol–water partition coefficient (Wildman–Crippen LogP) is 5.19. The molecule has 0 aliphatic rings. The molecule has 0 heterocycles. The second-order valence-electron chi connectivity index (χ2n) is 5.10. The van der Waals surface area contributed by atoms with E-state index in [2.05, 4.69) is 6.92 Å². The van der Waals surface area contributed by atoms with Gasteiger partial charge in [-0.2, -0.15) is 35.3 Å². The lowest BCUT2D eigenvalue weighted by molar-refractivity contribution is -0.289. The van der Waals surface area contributed by atoms with E-state index < -0.39 is 0 Å². The van der Waals surface area contributed by atoms with Crippen LogP contribution in [0.1, 0.15) is 19.8 Å². The van der Waals surface area contributed by atoms with Crippen molar-refractivity contribution < 1.29 is 24.4 Å². The number of hydrogen-bond donors (Lipinski definition) is 1. The van der Waals surface area contributed by atoms with Crippen LogP contribution in [-0.4, -0.2) is 85.9 Å². The summed E-state index contributed by atoms with van der Waals surface area (Å²) in [6.45, 7) is 3.81. The fraction of sp³-hybridized carbons (Fsp3) is 0.941. The van der Waals surface area contributed by atoms with Crippen LogP contribution in [0.25, 0.3) is 0 Å². The predicted molar refractivity (Wildman–Crippen MR) is 142 cm³/mol. The van der Waals surface area contributed by atoms with Gasteiger partial charge in [-0.05, 0) is 17.9 Å². The zero-order chi connectivity index (χ0) is 21.3. The van der Waals surface area contributed by atoms with Crippen molar-refractivity contribution in [2.75, 3.05) is 74.9 Å². The molecule has 12 heteroatoms. The number of esters is 1. The SMILES string of the molecule is CCSCSCSCCOC(=O)CCSCSCSCCCOOCCSCO. The Balaban J connectivity index is 3.12. The monoisotopic (exact) mass is 542 g/mol. The van der Waals surface area contributed by atoms with Crippen LogP contribution in [0.5, 0.6) is 0 Å². The molecule has 0 aliphatic heterocycles. The van der Waals surface area contributed by atoms with Gasteiger partial charge in [0.15, 0.2) is 0 Å². The van der Waals surface area contributed by atoms with Gasteiger partial charge in [-0.3, -0.25) is 4.79 Å². The van der Waals surface area contributed by atoms with Crippen LogP contribution in [0, 0.1) is 0 Å². The molecule has 174 valence electrons. The lowest BCUT2D eigenvalue weighted by Gasteiger charge is -2.05. The number of ether oxygens (including phenoxy) is 1. The maximum Gasteiger partial charge on any atom is 0.306 e. The Morgan fingerprint density at radius 3 is 2.07 bits per heavy atom. The van der Waals surface area contributed by atoms with Crippen molar-refractivity contribution in [3.05, 3.63) is 0 Å². The normalized spacial score (nSPS) is 11.1. The summed E-state index contributed by atoms with van der Waals surface area (Å²) < 4.78 is 5.26. The Kier molecular flexibility index (Phi) is 29.6. The van der Waals surface area contributed by atoms with Crippen molar-refractivity contribution >= 4 is 88.3 Å². The van der Waals surface area contributed by atoms with Gasteiger partial charge in [-0.15, -0.1) is 47.0 Å². The largest absolute Gasteiger partial charge is 0.465 e. The summed E-state index contributed by atoms with van der Waals surface area (Å²) in [5.74, 6) is 4.72. The van der Waals surface area contributed by atoms with Gasteiger partial charge in [-0.25, -0.2) is 9.78 Å². The Bertz CT molecular complexity index is 343. The third-order valence-electron chi connectivity index (χ3n) is 2.81. The molecule has 0 saturated heterocycles. The minimum Gasteiger partial charge on any atom is -0.465 e. The van der Waals surface area contributed by atoms with Gasteiger partial charge in [-0.1, -0.05) is 6.92 Å². The molecular weight excluding hydrogens is 509 g/mol. The molecule has 0 saturated carbocycles. The maximum atomic E-state index is 11.7. The molecule has 0 radical (unpaired) electrons. The van der Waals surface area contributed by atoms with Crippen LogP contribution < -0.4 is 0 Å². The number of hydrogen-bond acceptors (Lipinski definition) is 12. The first-order valence-corrected chi connectivity index (χ1v) is 17.4. The molecule has 0 fully saturated rings. The third-order valence-corrected chi connectivity index (χ3v) is 10.7. The van der Waals surface area contributed by atoms with Crippen LogP contribution in [0.4, 0.5) is 0 Å². The Hall–Kier alpha value is 1.80. The van der Waals surface area contributed by atoms with Gasteiger partial charge in [0.05, 0.1) is 25.6 Å². The summed E-state index contributed by atoms with van der Waals surface area (Å²) in [4.78, 5) is 21.7. The molecule has 0 aliphatic carbocycles. The van der Waals surface area contributed by atoms with E-state index in [1.807, 2.05) is 58.8 Å². The zero-order valence-electron chi connectivity index (χ0n) is 17.0. The van der Waals surface area contributed by atoms with Crippen molar-refractivity contribution in [2.24, 2.45) is 0 Å². The minimum atomic E-state index is -0.0798. The van der Waals surface area contributed by atoms with Crippen molar-refractivity contribution in [1.82, 2.24) is 0 Å². The zero-order valence-corrected chi connectivity index (χ0v) is 22.8.